The van der Waals surface area contributed by atoms with Crippen LogP contribution in [0, 0.1) is 28.6 Å². The number of fused-ring (bicyclic) bond motifs is 5. The topological polar surface area (TPSA) is 63.6 Å². The lowest BCUT2D eigenvalue weighted by Crippen LogP contribution is -2.55. The number of aliphatic hydroxyl groups excluding tert-OH is 1. The van der Waals surface area contributed by atoms with Crippen molar-refractivity contribution < 1.29 is 19.4 Å². The molecule has 4 rings (SSSR count). The van der Waals surface area contributed by atoms with E-state index in [1.54, 1.807) is 0 Å². The monoisotopic (exact) mass is 372 g/mol. The smallest absolute Gasteiger partial charge is 0.302 e. The maximum atomic E-state index is 11.9. The van der Waals surface area contributed by atoms with Gasteiger partial charge < -0.3 is 9.84 Å². The first kappa shape index (κ1) is 18.9. The van der Waals surface area contributed by atoms with Crippen LogP contribution >= 0.6 is 0 Å². The van der Waals surface area contributed by atoms with Crippen molar-refractivity contribution in [2.45, 2.75) is 71.8 Å². The summed E-state index contributed by atoms with van der Waals surface area (Å²) < 4.78 is 5.14. The maximum Gasteiger partial charge on any atom is 0.302 e. The molecule has 0 aromatic rings. The molecule has 148 valence electrons. The fourth-order valence-electron chi connectivity index (χ4n) is 7.13. The molecule has 4 heteroatoms. The van der Waals surface area contributed by atoms with Gasteiger partial charge >= 0.3 is 5.97 Å². The Morgan fingerprint density at radius 3 is 2.78 bits per heavy atom. The predicted molar refractivity (Wildman–Crippen MR) is 103 cm³/mol. The molecule has 1 N–H and O–H groups in total. The van der Waals surface area contributed by atoms with Crippen molar-refractivity contribution in [1.29, 1.82) is 0 Å². The number of hydrogen-bond donors (Lipinski definition) is 1. The van der Waals surface area contributed by atoms with Gasteiger partial charge in [0, 0.05) is 13.3 Å². The van der Waals surface area contributed by atoms with Crippen molar-refractivity contribution in [3.05, 3.63) is 23.3 Å². The molecule has 0 heterocycles. The van der Waals surface area contributed by atoms with E-state index in [0.29, 0.717) is 24.9 Å². The van der Waals surface area contributed by atoms with E-state index >= 15 is 0 Å². The van der Waals surface area contributed by atoms with Crippen molar-refractivity contribution in [2.24, 2.45) is 28.6 Å². The van der Waals surface area contributed by atoms with Crippen LogP contribution in [0.4, 0.5) is 0 Å². The largest absolute Gasteiger partial charge is 0.462 e. The predicted octanol–water partition coefficient (Wildman–Crippen LogP) is 3.98. The molecule has 0 radical (unpaired) electrons. The summed E-state index contributed by atoms with van der Waals surface area (Å²) >= 11 is 0. The average molecular weight is 373 g/mol. The fraction of sp³-hybridized carbons (Fsp3) is 0.739. The summed E-state index contributed by atoms with van der Waals surface area (Å²) in [7, 11) is 0. The standard InChI is InChI=1S/C23H32O4/c1-14(24)27-11-9-15-5-7-19-18-6-4-16-12-17(25)8-10-22(16,2)21(18)20(26)13-23(15,19)3/h9,12,18-21,26H,4-8,10-11,13H2,1-3H3/b15-9-. The summed E-state index contributed by atoms with van der Waals surface area (Å²) in [4.78, 5) is 23.0. The summed E-state index contributed by atoms with van der Waals surface area (Å²) in [6, 6.07) is 0. The molecule has 0 aromatic heterocycles. The molecule has 4 nitrogen and oxygen atoms in total. The van der Waals surface area contributed by atoms with Crippen LogP contribution in [0.3, 0.4) is 0 Å². The zero-order valence-electron chi connectivity index (χ0n) is 16.8. The minimum absolute atomic E-state index is 0.00277. The third-order valence-corrected chi connectivity index (χ3v) is 8.36. The van der Waals surface area contributed by atoms with Crippen molar-refractivity contribution in [2.75, 3.05) is 6.61 Å². The van der Waals surface area contributed by atoms with Crippen molar-refractivity contribution >= 4 is 11.8 Å². The molecule has 0 amide bonds. The molecule has 6 atom stereocenters. The average Bonchev–Trinajstić information content (AvgIpc) is 2.91. The van der Waals surface area contributed by atoms with E-state index in [4.69, 9.17) is 4.74 Å². The SMILES string of the molecule is CC(=O)OC/C=C1/CCC2C3CCC4=CC(=O)CCC4(C)C3C(O)CC12C. The Hall–Kier alpha value is -1.42. The quantitative estimate of drug-likeness (QED) is 0.588. The summed E-state index contributed by atoms with van der Waals surface area (Å²) in [5, 5.41) is 11.3. The molecular weight excluding hydrogens is 340 g/mol. The first-order valence-electron chi connectivity index (χ1n) is 10.5. The van der Waals surface area contributed by atoms with Crippen molar-refractivity contribution in [1.82, 2.24) is 0 Å². The Morgan fingerprint density at radius 1 is 1.26 bits per heavy atom. The Balaban J connectivity index is 1.63. The van der Waals surface area contributed by atoms with Gasteiger partial charge in [0.05, 0.1) is 6.10 Å². The second kappa shape index (κ2) is 6.58. The molecule has 0 bridgehead atoms. The summed E-state index contributed by atoms with van der Waals surface area (Å²) in [5.41, 5.74) is 2.62. The first-order valence-corrected chi connectivity index (χ1v) is 10.5. The third kappa shape index (κ3) is 2.91. The molecule has 0 saturated heterocycles. The van der Waals surface area contributed by atoms with Gasteiger partial charge in [-0.3, -0.25) is 9.59 Å². The molecule has 4 aliphatic carbocycles. The number of carbonyl (C=O) groups is 2. The van der Waals surface area contributed by atoms with Gasteiger partial charge in [0.2, 0.25) is 0 Å². The number of esters is 1. The minimum Gasteiger partial charge on any atom is -0.462 e. The fourth-order valence-corrected chi connectivity index (χ4v) is 7.13. The van der Waals surface area contributed by atoms with E-state index in [1.165, 1.54) is 18.1 Å². The van der Waals surface area contributed by atoms with Crippen LogP contribution in [0.15, 0.2) is 23.3 Å². The number of carbonyl (C=O) groups excluding carboxylic acids is 2. The van der Waals surface area contributed by atoms with Gasteiger partial charge in [0.25, 0.3) is 0 Å². The molecule has 0 aromatic carbocycles. The van der Waals surface area contributed by atoms with E-state index in [9.17, 15) is 14.7 Å². The normalized spacial score (nSPS) is 45.0. The van der Waals surface area contributed by atoms with Crippen LogP contribution in [0.25, 0.3) is 0 Å². The van der Waals surface area contributed by atoms with Gasteiger partial charge in [-0.1, -0.05) is 25.0 Å². The molecule has 27 heavy (non-hydrogen) atoms. The van der Waals surface area contributed by atoms with Gasteiger partial charge in [-0.05, 0) is 79.3 Å². The lowest BCUT2D eigenvalue weighted by atomic mass is 9.46. The zero-order chi connectivity index (χ0) is 19.4. The molecule has 3 fully saturated rings. The summed E-state index contributed by atoms with van der Waals surface area (Å²) in [6.45, 7) is 6.38. The van der Waals surface area contributed by atoms with Crippen LogP contribution in [0.5, 0.6) is 0 Å². The van der Waals surface area contributed by atoms with E-state index in [0.717, 1.165) is 38.5 Å². The molecule has 6 unspecified atom stereocenters. The van der Waals surface area contributed by atoms with E-state index in [1.807, 2.05) is 6.08 Å². The molecular formula is C23H32O4. The number of hydrogen-bond acceptors (Lipinski definition) is 4. The van der Waals surface area contributed by atoms with Gasteiger partial charge in [-0.2, -0.15) is 0 Å². The molecule has 0 spiro atoms. The van der Waals surface area contributed by atoms with Gasteiger partial charge in [0.1, 0.15) is 6.61 Å². The lowest BCUT2D eigenvalue weighted by Gasteiger charge is -2.59. The van der Waals surface area contributed by atoms with Gasteiger partial charge in [-0.25, -0.2) is 0 Å². The molecule has 0 aliphatic heterocycles. The summed E-state index contributed by atoms with van der Waals surface area (Å²) in [5.74, 6) is 1.35. The first-order chi connectivity index (χ1) is 12.8. The molecule has 3 saturated carbocycles. The number of ether oxygens (including phenoxy) is 1. The van der Waals surface area contributed by atoms with Gasteiger partial charge in [-0.15, -0.1) is 0 Å². The highest BCUT2D eigenvalue weighted by molar-refractivity contribution is 5.91. The number of allylic oxidation sites excluding steroid dienone is 2. The number of rotatable bonds is 2. The van der Waals surface area contributed by atoms with E-state index in [2.05, 4.69) is 19.9 Å². The lowest BCUT2D eigenvalue weighted by molar-refractivity contribution is -0.139. The third-order valence-electron chi connectivity index (χ3n) is 8.36. The number of aliphatic hydroxyl groups is 1. The van der Waals surface area contributed by atoms with Gasteiger partial charge in [0.15, 0.2) is 5.78 Å². The second-order valence-corrected chi connectivity index (χ2v) is 9.65. The Kier molecular flexibility index (Phi) is 4.61. The maximum absolute atomic E-state index is 11.9. The summed E-state index contributed by atoms with van der Waals surface area (Å²) in [6.07, 6.45) is 10.2. The van der Waals surface area contributed by atoms with Crippen molar-refractivity contribution in [3.63, 3.8) is 0 Å². The Bertz CT molecular complexity index is 720. The van der Waals surface area contributed by atoms with Crippen LogP contribution in [0.1, 0.15) is 65.7 Å². The molecule has 4 aliphatic rings. The zero-order valence-corrected chi connectivity index (χ0v) is 16.8. The Morgan fingerprint density at radius 2 is 2.04 bits per heavy atom. The van der Waals surface area contributed by atoms with Crippen LogP contribution in [0.2, 0.25) is 0 Å². The highest BCUT2D eigenvalue weighted by atomic mass is 16.5. The van der Waals surface area contributed by atoms with Crippen LogP contribution in [-0.4, -0.2) is 29.6 Å². The highest BCUT2D eigenvalue weighted by Crippen LogP contribution is 2.66. The van der Waals surface area contributed by atoms with Crippen LogP contribution < -0.4 is 0 Å². The minimum atomic E-state index is -0.339. The number of ketones is 1. The highest BCUT2D eigenvalue weighted by Gasteiger charge is 2.60. The Labute approximate surface area is 162 Å². The second-order valence-electron chi connectivity index (χ2n) is 9.65. The van der Waals surface area contributed by atoms with Crippen LogP contribution in [-0.2, 0) is 14.3 Å². The van der Waals surface area contributed by atoms with Crippen molar-refractivity contribution in [3.8, 4) is 0 Å². The van der Waals surface area contributed by atoms with E-state index < -0.39 is 0 Å². The van der Waals surface area contributed by atoms with E-state index in [-0.39, 0.29) is 34.6 Å².